The number of rotatable bonds is 4. The number of nitrogens with zero attached hydrogens (tertiary/aromatic N) is 3. The van der Waals surface area contributed by atoms with E-state index in [1.807, 2.05) is 13.0 Å². The van der Waals surface area contributed by atoms with Crippen molar-refractivity contribution in [1.29, 1.82) is 0 Å². The van der Waals surface area contributed by atoms with Crippen LogP contribution in [0, 0.1) is 6.92 Å². The van der Waals surface area contributed by atoms with Crippen LogP contribution in [-0.4, -0.2) is 47.4 Å². The molecule has 1 saturated heterocycles. The lowest BCUT2D eigenvalue weighted by Gasteiger charge is -2.29. The number of hydrogen-bond acceptors (Lipinski definition) is 7. The molecule has 9 nitrogen and oxygen atoms in total. The minimum atomic E-state index is -0.645. The number of hydrogen-bond donors (Lipinski definition) is 4. The van der Waals surface area contributed by atoms with Crippen molar-refractivity contribution in [2.24, 2.45) is 5.73 Å². The molecule has 0 radical (unpaired) electrons. The van der Waals surface area contributed by atoms with Gasteiger partial charge in [0.05, 0.1) is 25.1 Å². The first-order valence-corrected chi connectivity index (χ1v) is 7.26. The third kappa shape index (κ3) is 3.04. The Morgan fingerprint density at radius 2 is 2.17 bits per heavy atom. The summed E-state index contributed by atoms with van der Waals surface area (Å²) in [6.45, 7) is 5.03. The Labute approximate surface area is 133 Å². The molecule has 0 aromatic carbocycles. The van der Waals surface area contributed by atoms with Crippen LogP contribution in [0.2, 0.25) is 0 Å². The topological polar surface area (TPSA) is 135 Å². The number of anilines is 4. The predicted octanol–water partition coefficient (Wildman–Crippen LogP) is 0.374. The van der Waals surface area contributed by atoms with Gasteiger partial charge in [0.25, 0.3) is 5.91 Å². The predicted molar refractivity (Wildman–Crippen MR) is 86.8 cm³/mol. The number of morpholine rings is 1. The van der Waals surface area contributed by atoms with E-state index in [0.29, 0.717) is 18.9 Å². The molecule has 2 aromatic heterocycles. The van der Waals surface area contributed by atoms with Crippen molar-refractivity contribution < 1.29 is 9.53 Å². The monoisotopic (exact) mass is 317 g/mol. The lowest BCUT2D eigenvalue weighted by molar-refractivity contribution is 0.100. The van der Waals surface area contributed by atoms with E-state index in [1.54, 1.807) is 6.20 Å². The number of primary amides is 1. The smallest absolute Gasteiger partial charge is 0.256 e. The highest BCUT2D eigenvalue weighted by atomic mass is 16.5. The van der Waals surface area contributed by atoms with Gasteiger partial charge in [-0.15, -0.1) is 0 Å². The summed E-state index contributed by atoms with van der Waals surface area (Å²) in [5.74, 6) is 0.703. The molecule has 6 N–H and O–H groups in total. The van der Waals surface area contributed by atoms with Crippen LogP contribution in [0.3, 0.4) is 0 Å². The van der Waals surface area contributed by atoms with Gasteiger partial charge in [-0.25, -0.2) is 4.98 Å². The van der Waals surface area contributed by atoms with Gasteiger partial charge in [-0.3, -0.25) is 9.89 Å². The summed E-state index contributed by atoms with van der Waals surface area (Å²) in [5.41, 5.74) is 12.8. The molecule has 0 bridgehead atoms. The summed E-state index contributed by atoms with van der Waals surface area (Å²) < 4.78 is 5.35. The number of ether oxygens (including phenoxy) is 1. The zero-order valence-electron chi connectivity index (χ0n) is 12.8. The summed E-state index contributed by atoms with van der Waals surface area (Å²) >= 11 is 0. The molecule has 1 amide bonds. The third-order valence-electron chi connectivity index (χ3n) is 3.66. The zero-order chi connectivity index (χ0) is 16.4. The van der Waals surface area contributed by atoms with Crippen molar-refractivity contribution in [3.8, 4) is 0 Å². The molecule has 0 atom stereocenters. The maximum Gasteiger partial charge on any atom is 0.256 e. The maximum atomic E-state index is 11.4. The molecule has 0 unspecified atom stereocenters. The summed E-state index contributed by atoms with van der Waals surface area (Å²) in [6.07, 6.45) is 1.69. The molecule has 1 fully saturated rings. The third-order valence-corrected chi connectivity index (χ3v) is 3.66. The summed E-state index contributed by atoms with van der Waals surface area (Å²) in [4.78, 5) is 18.1. The van der Waals surface area contributed by atoms with Gasteiger partial charge < -0.3 is 26.4 Å². The van der Waals surface area contributed by atoms with E-state index in [1.165, 1.54) is 0 Å². The van der Waals surface area contributed by atoms with Crippen molar-refractivity contribution in [1.82, 2.24) is 15.2 Å². The van der Waals surface area contributed by atoms with E-state index in [0.717, 1.165) is 24.5 Å². The second kappa shape index (κ2) is 6.13. The van der Waals surface area contributed by atoms with E-state index < -0.39 is 5.91 Å². The molecular weight excluding hydrogens is 298 g/mol. The number of carbonyl (C=O) groups is 1. The normalized spacial score (nSPS) is 14.7. The van der Waals surface area contributed by atoms with Crippen molar-refractivity contribution >= 4 is 29.0 Å². The molecule has 0 saturated carbocycles. The fraction of sp³-hybridized carbons (Fsp3) is 0.357. The van der Waals surface area contributed by atoms with Gasteiger partial charge in [-0.2, -0.15) is 5.10 Å². The molecule has 0 aliphatic carbocycles. The zero-order valence-corrected chi connectivity index (χ0v) is 12.8. The van der Waals surface area contributed by atoms with Gasteiger partial charge in [0.2, 0.25) is 0 Å². The molecular formula is C14H19N7O2. The lowest BCUT2D eigenvalue weighted by atomic mass is 10.2. The van der Waals surface area contributed by atoms with Crippen molar-refractivity contribution in [3.63, 3.8) is 0 Å². The van der Waals surface area contributed by atoms with Gasteiger partial charge in [0.15, 0.2) is 5.82 Å². The Morgan fingerprint density at radius 1 is 1.43 bits per heavy atom. The number of aromatic amines is 1. The number of aryl methyl sites for hydroxylation is 1. The molecule has 23 heavy (non-hydrogen) atoms. The van der Waals surface area contributed by atoms with Crippen LogP contribution in [-0.2, 0) is 4.74 Å². The standard InChI is InChI=1S/C14H19N7O2/c1-8-6-9(7-17-14(8)21-2-4-23-5-3-21)18-13-10(12(16)22)11(15)19-20-13/h6-7H,2-5H2,1H3,(H2,16,22)(H4,15,18,19,20). The van der Waals surface area contributed by atoms with E-state index in [9.17, 15) is 4.79 Å². The van der Waals surface area contributed by atoms with Crippen LogP contribution >= 0.6 is 0 Å². The number of nitrogen functional groups attached to an aromatic ring is 1. The average molecular weight is 317 g/mol. The molecule has 1 aliphatic rings. The Bertz CT molecular complexity index is 722. The van der Waals surface area contributed by atoms with Crippen LogP contribution in [0.5, 0.6) is 0 Å². The van der Waals surface area contributed by atoms with E-state index in [-0.39, 0.29) is 17.2 Å². The number of amides is 1. The molecule has 2 aromatic rings. The minimum Gasteiger partial charge on any atom is -0.383 e. The van der Waals surface area contributed by atoms with Crippen LogP contribution in [0.25, 0.3) is 0 Å². The van der Waals surface area contributed by atoms with Crippen LogP contribution in [0.15, 0.2) is 12.3 Å². The lowest BCUT2D eigenvalue weighted by Crippen LogP contribution is -2.37. The number of nitrogens with one attached hydrogen (secondary N) is 2. The molecule has 0 spiro atoms. The fourth-order valence-corrected chi connectivity index (χ4v) is 2.57. The largest absolute Gasteiger partial charge is 0.383 e. The van der Waals surface area contributed by atoms with Gasteiger partial charge >= 0.3 is 0 Å². The van der Waals surface area contributed by atoms with Gasteiger partial charge in [0, 0.05) is 13.1 Å². The SMILES string of the molecule is Cc1cc(Nc2n[nH]c(N)c2C(N)=O)cnc1N1CCOCC1. The summed E-state index contributed by atoms with van der Waals surface area (Å²) in [7, 11) is 0. The average Bonchev–Trinajstić information content (AvgIpc) is 2.89. The van der Waals surface area contributed by atoms with E-state index in [2.05, 4.69) is 25.4 Å². The first-order chi connectivity index (χ1) is 11.1. The Hall–Kier alpha value is -2.81. The highest BCUT2D eigenvalue weighted by molar-refractivity contribution is 6.02. The molecule has 3 heterocycles. The first kappa shape index (κ1) is 15.1. The van der Waals surface area contributed by atoms with Gasteiger partial charge in [0.1, 0.15) is 17.2 Å². The van der Waals surface area contributed by atoms with Crippen molar-refractivity contribution in [3.05, 3.63) is 23.4 Å². The second-order valence-corrected chi connectivity index (χ2v) is 5.31. The second-order valence-electron chi connectivity index (χ2n) is 5.31. The number of nitrogens with two attached hydrogens (primary N) is 2. The van der Waals surface area contributed by atoms with Crippen LogP contribution in [0.4, 0.5) is 23.1 Å². The summed E-state index contributed by atoms with van der Waals surface area (Å²) in [6, 6.07) is 1.94. The Balaban J connectivity index is 1.82. The minimum absolute atomic E-state index is 0.134. The number of carbonyl (C=O) groups excluding carboxylic acids is 1. The molecule has 122 valence electrons. The highest BCUT2D eigenvalue weighted by Gasteiger charge is 2.18. The van der Waals surface area contributed by atoms with Crippen LogP contribution in [0.1, 0.15) is 15.9 Å². The maximum absolute atomic E-state index is 11.4. The van der Waals surface area contributed by atoms with E-state index >= 15 is 0 Å². The van der Waals surface area contributed by atoms with Crippen LogP contribution < -0.4 is 21.7 Å². The highest BCUT2D eigenvalue weighted by Crippen LogP contribution is 2.25. The summed E-state index contributed by atoms with van der Waals surface area (Å²) in [5, 5.41) is 9.51. The van der Waals surface area contributed by atoms with Gasteiger partial charge in [-0.1, -0.05) is 0 Å². The van der Waals surface area contributed by atoms with Crippen molar-refractivity contribution in [2.75, 3.05) is 42.3 Å². The Kier molecular flexibility index (Phi) is 4.02. The van der Waals surface area contributed by atoms with Crippen molar-refractivity contribution in [2.45, 2.75) is 6.92 Å². The number of H-pyrrole nitrogens is 1. The number of aromatic nitrogens is 3. The number of pyridine rings is 1. The van der Waals surface area contributed by atoms with Gasteiger partial charge in [-0.05, 0) is 18.6 Å². The fourth-order valence-electron chi connectivity index (χ4n) is 2.57. The first-order valence-electron chi connectivity index (χ1n) is 7.26. The molecule has 1 aliphatic heterocycles. The molecule has 3 rings (SSSR count). The van der Waals surface area contributed by atoms with E-state index in [4.69, 9.17) is 16.2 Å². The quantitative estimate of drug-likeness (QED) is 0.640. The Morgan fingerprint density at radius 3 is 2.83 bits per heavy atom. The molecule has 9 heteroatoms.